The topological polar surface area (TPSA) is 64.1 Å². The predicted octanol–water partition coefficient (Wildman–Crippen LogP) is 1.65. The molecule has 2 aromatic rings. The number of hydrogen-bond donors (Lipinski definition) is 2. The van der Waals surface area contributed by atoms with Crippen LogP contribution < -0.4 is 5.73 Å². The van der Waals surface area contributed by atoms with E-state index >= 15 is 0 Å². The van der Waals surface area contributed by atoms with Crippen molar-refractivity contribution in [2.45, 2.75) is 32.2 Å². The first-order valence-corrected chi connectivity index (χ1v) is 6.43. The maximum atomic E-state index is 9.25. The molecule has 0 amide bonds. The van der Waals surface area contributed by atoms with Crippen LogP contribution in [0.3, 0.4) is 0 Å². The SMILES string of the molecule is CCC(C)(CN)c1nc2ccccc2n1CCO. The van der Waals surface area contributed by atoms with Crippen molar-refractivity contribution < 1.29 is 5.11 Å². The molecule has 2 rings (SSSR count). The average Bonchev–Trinajstić information content (AvgIpc) is 2.78. The van der Waals surface area contributed by atoms with E-state index in [-0.39, 0.29) is 12.0 Å². The molecule has 1 aromatic carbocycles. The smallest absolute Gasteiger partial charge is 0.117 e. The first-order chi connectivity index (χ1) is 8.66. The molecule has 0 fully saturated rings. The van der Waals surface area contributed by atoms with Crippen molar-refractivity contribution in [3.05, 3.63) is 30.1 Å². The van der Waals surface area contributed by atoms with E-state index < -0.39 is 0 Å². The van der Waals surface area contributed by atoms with Gasteiger partial charge in [-0.1, -0.05) is 26.0 Å². The molecule has 0 spiro atoms. The lowest BCUT2D eigenvalue weighted by molar-refractivity contribution is 0.271. The van der Waals surface area contributed by atoms with Crippen molar-refractivity contribution in [1.82, 2.24) is 9.55 Å². The van der Waals surface area contributed by atoms with Crippen LogP contribution in [0, 0.1) is 0 Å². The summed E-state index contributed by atoms with van der Waals surface area (Å²) in [5.74, 6) is 0.975. The summed E-state index contributed by atoms with van der Waals surface area (Å²) in [5.41, 5.74) is 7.81. The van der Waals surface area contributed by atoms with Crippen LogP contribution >= 0.6 is 0 Å². The minimum atomic E-state index is -0.145. The van der Waals surface area contributed by atoms with Crippen LogP contribution in [0.15, 0.2) is 24.3 Å². The number of nitrogens with two attached hydrogens (primary N) is 1. The summed E-state index contributed by atoms with van der Waals surface area (Å²) in [6, 6.07) is 8.01. The van der Waals surface area contributed by atoms with E-state index in [9.17, 15) is 5.11 Å². The fraction of sp³-hybridized carbons (Fsp3) is 0.500. The van der Waals surface area contributed by atoms with Gasteiger partial charge in [0.1, 0.15) is 5.82 Å². The highest BCUT2D eigenvalue weighted by Gasteiger charge is 2.29. The van der Waals surface area contributed by atoms with Crippen LogP contribution in [0.25, 0.3) is 11.0 Å². The largest absolute Gasteiger partial charge is 0.395 e. The quantitative estimate of drug-likeness (QED) is 0.844. The Morgan fingerprint density at radius 1 is 1.39 bits per heavy atom. The Balaban J connectivity index is 2.65. The van der Waals surface area contributed by atoms with Gasteiger partial charge in [0.2, 0.25) is 0 Å². The Morgan fingerprint density at radius 3 is 2.72 bits per heavy atom. The molecular weight excluding hydrogens is 226 g/mol. The molecule has 0 saturated carbocycles. The molecule has 98 valence electrons. The van der Waals surface area contributed by atoms with Crippen LogP contribution in [0.5, 0.6) is 0 Å². The number of imidazole rings is 1. The lowest BCUT2D eigenvalue weighted by Crippen LogP contribution is -2.34. The third-order valence-corrected chi connectivity index (χ3v) is 3.75. The van der Waals surface area contributed by atoms with Crippen molar-refractivity contribution in [2.75, 3.05) is 13.2 Å². The van der Waals surface area contributed by atoms with Crippen molar-refractivity contribution in [3.8, 4) is 0 Å². The van der Waals surface area contributed by atoms with Gasteiger partial charge >= 0.3 is 0 Å². The summed E-state index contributed by atoms with van der Waals surface area (Å²) in [4.78, 5) is 4.72. The standard InChI is InChI=1S/C14H21N3O/c1-3-14(2,10-15)13-16-11-6-4-5-7-12(11)17(13)8-9-18/h4-7,18H,3,8-10,15H2,1-2H3. The van der Waals surface area contributed by atoms with Crippen molar-refractivity contribution in [1.29, 1.82) is 0 Å². The molecule has 0 saturated heterocycles. The zero-order chi connectivity index (χ0) is 13.2. The first-order valence-electron chi connectivity index (χ1n) is 6.43. The number of aromatic nitrogens is 2. The number of nitrogens with zero attached hydrogens (tertiary/aromatic N) is 2. The monoisotopic (exact) mass is 247 g/mol. The Labute approximate surface area is 107 Å². The summed E-state index contributed by atoms with van der Waals surface area (Å²) in [6.07, 6.45) is 0.929. The molecule has 1 heterocycles. The second kappa shape index (κ2) is 5.08. The van der Waals surface area contributed by atoms with Gasteiger partial charge in [-0.15, -0.1) is 0 Å². The normalized spacial score (nSPS) is 14.9. The molecule has 0 aliphatic rings. The molecule has 0 aliphatic heterocycles. The van der Waals surface area contributed by atoms with Crippen molar-refractivity contribution in [3.63, 3.8) is 0 Å². The fourth-order valence-corrected chi connectivity index (χ4v) is 2.26. The number of aliphatic hydroxyl groups is 1. The number of aliphatic hydroxyl groups excluding tert-OH is 1. The zero-order valence-corrected chi connectivity index (χ0v) is 11.1. The van der Waals surface area contributed by atoms with Gasteiger partial charge in [0, 0.05) is 18.5 Å². The fourth-order valence-electron chi connectivity index (χ4n) is 2.26. The van der Waals surface area contributed by atoms with Gasteiger partial charge in [-0.25, -0.2) is 4.98 Å². The molecule has 1 atom stereocenters. The van der Waals surface area contributed by atoms with E-state index in [2.05, 4.69) is 18.4 Å². The number of para-hydroxylation sites is 2. The summed E-state index contributed by atoms with van der Waals surface area (Å²) in [6.45, 7) is 5.47. The van der Waals surface area contributed by atoms with E-state index in [0.29, 0.717) is 13.1 Å². The van der Waals surface area contributed by atoms with Gasteiger partial charge in [-0.3, -0.25) is 0 Å². The van der Waals surface area contributed by atoms with E-state index in [1.807, 2.05) is 24.3 Å². The molecule has 4 heteroatoms. The van der Waals surface area contributed by atoms with E-state index in [0.717, 1.165) is 23.3 Å². The molecule has 3 N–H and O–H groups in total. The highest BCUT2D eigenvalue weighted by Crippen LogP contribution is 2.29. The molecule has 0 radical (unpaired) electrons. The lowest BCUT2D eigenvalue weighted by atomic mass is 9.86. The van der Waals surface area contributed by atoms with Crippen molar-refractivity contribution >= 4 is 11.0 Å². The third-order valence-electron chi connectivity index (χ3n) is 3.75. The Bertz CT molecular complexity index is 529. The Kier molecular flexibility index (Phi) is 3.68. The molecule has 4 nitrogen and oxygen atoms in total. The summed E-state index contributed by atoms with van der Waals surface area (Å²) in [5, 5.41) is 9.25. The molecule has 1 aromatic heterocycles. The summed E-state index contributed by atoms with van der Waals surface area (Å²) in [7, 11) is 0. The maximum Gasteiger partial charge on any atom is 0.117 e. The lowest BCUT2D eigenvalue weighted by Gasteiger charge is -2.26. The molecule has 18 heavy (non-hydrogen) atoms. The van der Waals surface area contributed by atoms with Crippen LogP contribution in [-0.2, 0) is 12.0 Å². The van der Waals surface area contributed by atoms with Gasteiger partial charge in [-0.2, -0.15) is 0 Å². The first kappa shape index (κ1) is 13.1. The zero-order valence-electron chi connectivity index (χ0n) is 11.1. The summed E-state index contributed by atoms with van der Waals surface area (Å²) < 4.78 is 2.09. The number of hydrogen-bond acceptors (Lipinski definition) is 3. The predicted molar refractivity (Wildman–Crippen MR) is 73.5 cm³/mol. The minimum Gasteiger partial charge on any atom is -0.395 e. The summed E-state index contributed by atoms with van der Waals surface area (Å²) >= 11 is 0. The second-order valence-corrected chi connectivity index (χ2v) is 4.92. The molecular formula is C14H21N3O. The van der Waals surface area contributed by atoms with Crippen LogP contribution in [-0.4, -0.2) is 27.8 Å². The van der Waals surface area contributed by atoms with Gasteiger partial charge < -0.3 is 15.4 Å². The Morgan fingerprint density at radius 2 is 2.11 bits per heavy atom. The molecule has 0 bridgehead atoms. The number of benzene rings is 1. The van der Waals surface area contributed by atoms with Crippen molar-refractivity contribution in [2.24, 2.45) is 5.73 Å². The van der Waals surface area contributed by atoms with Crippen LogP contribution in [0.2, 0.25) is 0 Å². The maximum absolute atomic E-state index is 9.25. The van der Waals surface area contributed by atoms with Gasteiger partial charge in [0.25, 0.3) is 0 Å². The van der Waals surface area contributed by atoms with Gasteiger partial charge in [0.15, 0.2) is 0 Å². The highest BCUT2D eigenvalue weighted by atomic mass is 16.3. The van der Waals surface area contributed by atoms with E-state index in [1.54, 1.807) is 0 Å². The number of fused-ring (bicyclic) bond motifs is 1. The average molecular weight is 247 g/mol. The van der Waals surface area contributed by atoms with E-state index in [4.69, 9.17) is 10.7 Å². The molecule has 1 unspecified atom stereocenters. The highest BCUT2D eigenvalue weighted by molar-refractivity contribution is 5.76. The van der Waals surface area contributed by atoms with Crippen LogP contribution in [0.4, 0.5) is 0 Å². The Hall–Kier alpha value is -1.39. The second-order valence-electron chi connectivity index (χ2n) is 4.92. The molecule has 0 aliphatic carbocycles. The van der Waals surface area contributed by atoms with Gasteiger partial charge in [-0.05, 0) is 18.6 Å². The third kappa shape index (κ3) is 2.02. The van der Waals surface area contributed by atoms with E-state index in [1.165, 1.54) is 0 Å². The van der Waals surface area contributed by atoms with Crippen LogP contribution in [0.1, 0.15) is 26.1 Å². The van der Waals surface area contributed by atoms with Gasteiger partial charge in [0.05, 0.1) is 17.6 Å². The minimum absolute atomic E-state index is 0.109. The number of rotatable bonds is 5.